The average molecular weight is 224 g/mol. The van der Waals surface area contributed by atoms with Crippen LogP contribution in [0.3, 0.4) is 0 Å². The number of hydrogen-bond acceptors (Lipinski definition) is 5. The second-order valence-corrected chi connectivity index (χ2v) is 3.48. The van der Waals surface area contributed by atoms with Crippen molar-refractivity contribution in [3.05, 3.63) is 18.1 Å². The molecule has 0 saturated heterocycles. The van der Waals surface area contributed by atoms with Crippen molar-refractivity contribution in [2.24, 2.45) is 0 Å². The molecule has 0 radical (unpaired) electrons. The summed E-state index contributed by atoms with van der Waals surface area (Å²) in [5.41, 5.74) is -1.31. The topological polar surface area (TPSA) is 72.3 Å². The van der Waals surface area contributed by atoms with Gasteiger partial charge >= 0.3 is 0 Å². The summed E-state index contributed by atoms with van der Waals surface area (Å²) in [6.07, 6.45) is 3.51. The normalized spacial score (nSPS) is 11.2. The van der Waals surface area contributed by atoms with E-state index in [1.54, 1.807) is 13.8 Å². The lowest BCUT2D eigenvalue weighted by molar-refractivity contribution is 0.0269. The summed E-state index contributed by atoms with van der Waals surface area (Å²) >= 11 is 0. The number of aliphatic hydroxyl groups is 1. The second kappa shape index (κ2) is 5.03. The number of carbonyl (C=O) groups is 1. The number of methoxy groups -OCH3 is 1. The molecule has 0 amide bonds. The van der Waals surface area contributed by atoms with Crippen LogP contribution in [0.25, 0.3) is 0 Å². The zero-order chi connectivity index (χ0) is 12.2. The van der Waals surface area contributed by atoms with E-state index < -0.39 is 11.4 Å². The lowest BCUT2D eigenvalue weighted by Gasteiger charge is -2.23. The number of carbonyl (C=O) groups excluding carboxylic acids is 1. The molecule has 1 aromatic rings. The average Bonchev–Trinajstić information content (AvgIpc) is 2.36. The van der Waals surface area contributed by atoms with Gasteiger partial charge < -0.3 is 9.84 Å². The maximum atomic E-state index is 12.1. The smallest absolute Gasteiger partial charge is 0.243 e. The van der Waals surface area contributed by atoms with Gasteiger partial charge in [-0.2, -0.15) is 0 Å². The molecule has 0 aliphatic heterocycles. The van der Waals surface area contributed by atoms with Gasteiger partial charge in [-0.15, -0.1) is 0 Å². The predicted molar refractivity (Wildman–Crippen MR) is 58.4 cm³/mol. The van der Waals surface area contributed by atoms with Gasteiger partial charge in [-0.25, -0.2) is 9.97 Å². The summed E-state index contributed by atoms with van der Waals surface area (Å²) in [6, 6.07) is 0. The quantitative estimate of drug-likeness (QED) is 0.761. The highest BCUT2D eigenvalue weighted by Gasteiger charge is 2.35. The number of nitrogens with zero attached hydrogens (tertiary/aromatic N) is 2. The molecule has 0 aromatic carbocycles. The molecular weight excluding hydrogens is 208 g/mol. The molecule has 1 N–H and O–H groups in total. The zero-order valence-corrected chi connectivity index (χ0v) is 9.73. The van der Waals surface area contributed by atoms with Gasteiger partial charge in [-0.05, 0) is 12.8 Å². The van der Waals surface area contributed by atoms with Crippen molar-refractivity contribution in [3.8, 4) is 5.88 Å². The van der Waals surface area contributed by atoms with Gasteiger partial charge in [-0.3, -0.25) is 4.79 Å². The van der Waals surface area contributed by atoms with Crippen LogP contribution in [-0.2, 0) is 0 Å². The number of hydrogen-bond donors (Lipinski definition) is 1. The Morgan fingerprint density at radius 2 is 1.94 bits per heavy atom. The van der Waals surface area contributed by atoms with Crippen molar-refractivity contribution in [1.29, 1.82) is 0 Å². The zero-order valence-electron chi connectivity index (χ0n) is 9.73. The monoisotopic (exact) mass is 224 g/mol. The number of ketones is 1. The van der Waals surface area contributed by atoms with Crippen LogP contribution in [0.15, 0.2) is 12.4 Å². The van der Waals surface area contributed by atoms with Crippen LogP contribution in [0.1, 0.15) is 37.2 Å². The van der Waals surface area contributed by atoms with E-state index in [0.29, 0.717) is 12.8 Å². The Morgan fingerprint density at radius 3 is 2.44 bits per heavy atom. The highest BCUT2D eigenvalue weighted by atomic mass is 16.5. The van der Waals surface area contributed by atoms with E-state index in [9.17, 15) is 9.90 Å². The minimum atomic E-state index is -1.39. The Balaban J connectivity index is 3.13. The standard InChI is InChI=1S/C11H16N2O3/c1-4-11(15,5-2)9(14)8-10(16-3)13-7-6-12-8/h6-7,15H,4-5H2,1-3H3. The molecule has 0 atom stereocenters. The third-order valence-corrected chi connectivity index (χ3v) is 2.67. The van der Waals surface area contributed by atoms with Gasteiger partial charge in [-0.1, -0.05) is 13.8 Å². The fourth-order valence-electron chi connectivity index (χ4n) is 1.42. The first kappa shape index (κ1) is 12.6. The van der Waals surface area contributed by atoms with Crippen molar-refractivity contribution in [3.63, 3.8) is 0 Å². The van der Waals surface area contributed by atoms with Crippen LogP contribution in [0, 0.1) is 0 Å². The van der Waals surface area contributed by atoms with Gasteiger partial charge in [0.05, 0.1) is 7.11 Å². The summed E-state index contributed by atoms with van der Waals surface area (Å²) in [7, 11) is 1.41. The molecular formula is C11H16N2O3. The predicted octanol–water partition coefficient (Wildman–Crippen LogP) is 1.22. The Bertz CT molecular complexity index is 375. The minimum absolute atomic E-state index is 0.0798. The summed E-state index contributed by atoms with van der Waals surface area (Å²) in [6.45, 7) is 3.51. The number of ether oxygens (including phenoxy) is 1. The molecule has 0 bridgehead atoms. The van der Waals surface area contributed by atoms with Crippen molar-refractivity contribution in [1.82, 2.24) is 9.97 Å². The minimum Gasteiger partial charge on any atom is -0.479 e. The van der Waals surface area contributed by atoms with E-state index in [1.807, 2.05) is 0 Å². The molecule has 0 saturated carbocycles. The second-order valence-electron chi connectivity index (χ2n) is 3.48. The summed E-state index contributed by atoms with van der Waals surface area (Å²) in [5.74, 6) is -0.296. The Labute approximate surface area is 94.5 Å². The number of rotatable bonds is 5. The largest absolute Gasteiger partial charge is 0.479 e. The van der Waals surface area contributed by atoms with E-state index in [1.165, 1.54) is 19.5 Å². The summed E-state index contributed by atoms with van der Waals surface area (Å²) < 4.78 is 4.95. The SMILES string of the molecule is CCC(O)(CC)C(=O)c1nccnc1OC. The van der Waals surface area contributed by atoms with Crippen LogP contribution < -0.4 is 4.74 Å². The van der Waals surface area contributed by atoms with E-state index in [-0.39, 0.29) is 11.6 Å². The fourth-order valence-corrected chi connectivity index (χ4v) is 1.42. The maximum Gasteiger partial charge on any atom is 0.243 e. The molecule has 88 valence electrons. The van der Waals surface area contributed by atoms with Crippen LogP contribution >= 0.6 is 0 Å². The molecule has 0 aliphatic rings. The van der Waals surface area contributed by atoms with Crippen molar-refractivity contribution in [2.45, 2.75) is 32.3 Å². The van der Waals surface area contributed by atoms with Crippen molar-refractivity contribution >= 4 is 5.78 Å². The lowest BCUT2D eigenvalue weighted by atomic mass is 9.90. The molecule has 5 nitrogen and oxygen atoms in total. The fraction of sp³-hybridized carbons (Fsp3) is 0.545. The Kier molecular flexibility index (Phi) is 3.95. The molecule has 1 heterocycles. The first-order chi connectivity index (χ1) is 7.59. The first-order valence-corrected chi connectivity index (χ1v) is 5.21. The molecule has 1 rings (SSSR count). The molecule has 0 unspecified atom stereocenters. The van der Waals surface area contributed by atoms with Gasteiger partial charge in [0, 0.05) is 12.4 Å². The molecule has 16 heavy (non-hydrogen) atoms. The first-order valence-electron chi connectivity index (χ1n) is 5.21. The summed E-state index contributed by atoms with van der Waals surface area (Å²) in [4.78, 5) is 19.9. The van der Waals surface area contributed by atoms with Crippen LogP contribution in [0.2, 0.25) is 0 Å². The van der Waals surface area contributed by atoms with Crippen LogP contribution in [-0.4, -0.2) is 33.6 Å². The van der Waals surface area contributed by atoms with Gasteiger partial charge in [0.1, 0.15) is 5.60 Å². The molecule has 0 aliphatic carbocycles. The van der Waals surface area contributed by atoms with Crippen molar-refractivity contribution in [2.75, 3.05) is 7.11 Å². The Morgan fingerprint density at radius 1 is 1.38 bits per heavy atom. The number of Topliss-reactive ketones (excluding diaryl/α,β-unsaturated/α-hetero) is 1. The van der Waals surface area contributed by atoms with Crippen LogP contribution in [0.5, 0.6) is 5.88 Å². The highest BCUT2D eigenvalue weighted by Crippen LogP contribution is 2.23. The van der Waals surface area contributed by atoms with Gasteiger partial charge in [0.2, 0.25) is 11.7 Å². The molecule has 5 heteroatoms. The van der Waals surface area contributed by atoms with E-state index in [4.69, 9.17) is 4.74 Å². The third kappa shape index (κ3) is 2.19. The summed E-state index contributed by atoms with van der Waals surface area (Å²) in [5, 5.41) is 10.1. The number of aromatic nitrogens is 2. The molecule has 0 fully saturated rings. The maximum absolute atomic E-state index is 12.1. The molecule has 0 spiro atoms. The van der Waals surface area contributed by atoms with Crippen molar-refractivity contribution < 1.29 is 14.6 Å². The van der Waals surface area contributed by atoms with Gasteiger partial charge in [0.15, 0.2) is 5.69 Å². The Hall–Kier alpha value is -1.49. The molecule has 1 aromatic heterocycles. The van der Waals surface area contributed by atoms with E-state index in [0.717, 1.165) is 0 Å². The van der Waals surface area contributed by atoms with Crippen LogP contribution in [0.4, 0.5) is 0 Å². The third-order valence-electron chi connectivity index (χ3n) is 2.67. The highest BCUT2D eigenvalue weighted by molar-refractivity contribution is 6.02. The van der Waals surface area contributed by atoms with Gasteiger partial charge in [0.25, 0.3) is 0 Å². The van der Waals surface area contributed by atoms with E-state index in [2.05, 4.69) is 9.97 Å². The lowest BCUT2D eigenvalue weighted by Crippen LogP contribution is -2.38. The van der Waals surface area contributed by atoms with E-state index >= 15 is 0 Å².